The smallest absolute Gasteiger partial charge is 0.271 e. The van der Waals surface area contributed by atoms with Gasteiger partial charge in [-0.1, -0.05) is 0 Å². The Morgan fingerprint density at radius 2 is 2.31 bits per heavy atom. The van der Waals surface area contributed by atoms with Crippen molar-refractivity contribution in [3.05, 3.63) is 28.5 Å². The zero-order valence-electron chi connectivity index (χ0n) is 9.16. The number of hydrogen-bond acceptors (Lipinski definition) is 3. The summed E-state index contributed by atoms with van der Waals surface area (Å²) < 4.78 is 0.708. The molecule has 4 nitrogen and oxygen atoms in total. The zero-order valence-corrected chi connectivity index (χ0v) is 11.6. The SMILES string of the molecule is CNC(C)CNC(=O)c1ncccc1Br.Cl. The molecule has 1 aromatic heterocycles. The normalized spacial score (nSPS) is 11.4. The first-order valence-electron chi connectivity index (χ1n) is 4.71. The van der Waals surface area contributed by atoms with E-state index in [9.17, 15) is 4.79 Å². The molecule has 0 radical (unpaired) electrons. The second-order valence-electron chi connectivity index (χ2n) is 3.23. The zero-order chi connectivity index (χ0) is 11.3. The van der Waals surface area contributed by atoms with Crippen molar-refractivity contribution in [2.24, 2.45) is 0 Å². The molecule has 1 rings (SSSR count). The van der Waals surface area contributed by atoms with Crippen LogP contribution in [0.15, 0.2) is 22.8 Å². The maximum Gasteiger partial charge on any atom is 0.271 e. The second kappa shape index (κ2) is 7.60. The van der Waals surface area contributed by atoms with E-state index in [4.69, 9.17) is 0 Å². The van der Waals surface area contributed by atoms with E-state index in [-0.39, 0.29) is 24.4 Å². The highest BCUT2D eigenvalue weighted by Crippen LogP contribution is 2.12. The number of rotatable bonds is 4. The molecule has 0 aliphatic carbocycles. The molecule has 0 spiro atoms. The third kappa shape index (κ3) is 4.47. The van der Waals surface area contributed by atoms with E-state index >= 15 is 0 Å². The van der Waals surface area contributed by atoms with Gasteiger partial charge < -0.3 is 10.6 Å². The van der Waals surface area contributed by atoms with E-state index in [0.717, 1.165) is 0 Å². The molecule has 0 saturated heterocycles. The molecule has 1 unspecified atom stereocenters. The average Bonchev–Trinajstić information content (AvgIpc) is 2.26. The molecule has 0 bridgehead atoms. The van der Waals surface area contributed by atoms with Crippen molar-refractivity contribution in [3.8, 4) is 0 Å². The lowest BCUT2D eigenvalue weighted by molar-refractivity contribution is 0.0944. The summed E-state index contributed by atoms with van der Waals surface area (Å²) in [5.74, 6) is -0.162. The molecule has 6 heteroatoms. The fourth-order valence-electron chi connectivity index (χ4n) is 0.984. The van der Waals surface area contributed by atoms with Gasteiger partial charge in [0.1, 0.15) is 5.69 Å². The van der Waals surface area contributed by atoms with Crippen LogP contribution in [0.5, 0.6) is 0 Å². The molecule has 0 fully saturated rings. The van der Waals surface area contributed by atoms with Crippen LogP contribution in [0.4, 0.5) is 0 Å². The Labute approximate surface area is 110 Å². The van der Waals surface area contributed by atoms with Crippen molar-refractivity contribution >= 4 is 34.2 Å². The third-order valence-corrected chi connectivity index (χ3v) is 2.68. The molecule has 1 heterocycles. The lowest BCUT2D eigenvalue weighted by Gasteiger charge is -2.11. The first kappa shape index (κ1) is 15.3. The number of carbonyl (C=O) groups excluding carboxylic acids is 1. The first-order valence-corrected chi connectivity index (χ1v) is 5.50. The predicted molar refractivity (Wildman–Crippen MR) is 70.0 cm³/mol. The van der Waals surface area contributed by atoms with Gasteiger partial charge in [0.2, 0.25) is 0 Å². The Bertz CT molecular complexity index is 349. The Morgan fingerprint density at radius 3 is 2.88 bits per heavy atom. The highest BCUT2D eigenvalue weighted by molar-refractivity contribution is 9.10. The molecule has 2 N–H and O–H groups in total. The minimum atomic E-state index is -0.162. The van der Waals surface area contributed by atoms with Crippen LogP contribution in [-0.4, -0.2) is 30.5 Å². The van der Waals surface area contributed by atoms with Crippen LogP contribution in [0, 0.1) is 0 Å². The fraction of sp³-hybridized carbons (Fsp3) is 0.400. The summed E-state index contributed by atoms with van der Waals surface area (Å²) in [5.41, 5.74) is 0.417. The van der Waals surface area contributed by atoms with Gasteiger partial charge in [-0.2, -0.15) is 0 Å². The van der Waals surface area contributed by atoms with Crippen LogP contribution in [0.2, 0.25) is 0 Å². The van der Waals surface area contributed by atoms with E-state index < -0.39 is 0 Å². The second-order valence-corrected chi connectivity index (χ2v) is 4.09. The largest absolute Gasteiger partial charge is 0.349 e. The molecule has 0 aromatic carbocycles. The number of likely N-dealkylation sites (N-methyl/N-ethyl adjacent to an activating group) is 1. The van der Waals surface area contributed by atoms with Crippen molar-refractivity contribution in [1.82, 2.24) is 15.6 Å². The van der Waals surface area contributed by atoms with Crippen molar-refractivity contribution < 1.29 is 4.79 Å². The molecule has 1 amide bonds. The molecule has 90 valence electrons. The average molecular weight is 309 g/mol. The van der Waals surface area contributed by atoms with Crippen LogP contribution in [0.25, 0.3) is 0 Å². The Balaban J connectivity index is 0.00000225. The van der Waals surface area contributed by atoms with E-state index in [1.807, 2.05) is 14.0 Å². The molecule has 0 aliphatic heterocycles. The topological polar surface area (TPSA) is 54.0 Å². The number of amides is 1. The van der Waals surface area contributed by atoms with Crippen LogP contribution in [0.1, 0.15) is 17.4 Å². The van der Waals surface area contributed by atoms with Gasteiger partial charge in [0.05, 0.1) is 0 Å². The maximum atomic E-state index is 11.7. The summed E-state index contributed by atoms with van der Waals surface area (Å²) in [6.45, 7) is 2.58. The summed E-state index contributed by atoms with van der Waals surface area (Å²) in [6, 6.07) is 3.82. The third-order valence-electron chi connectivity index (χ3n) is 2.04. The minimum absolute atomic E-state index is 0. The molecule has 1 atom stereocenters. The number of nitrogens with zero attached hydrogens (tertiary/aromatic N) is 1. The minimum Gasteiger partial charge on any atom is -0.349 e. The summed E-state index contributed by atoms with van der Waals surface area (Å²) in [5, 5.41) is 5.84. The van der Waals surface area contributed by atoms with E-state index in [1.54, 1.807) is 18.3 Å². The van der Waals surface area contributed by atoms with Gasteiger partial charge in [-0.15, -0.1) is 12.4 Å². The van der Waals surface area contributed by atoms with Crippen LogP contribution < -0.4 is 10.6 Å². The number of carbonyl (C=O) groups is 1. The molecular weight excluding hydrogens is 293 g/mol. The number of halogens is 2. The van der Waals surface area contributed by atoms with Crippen molar-refractivity contribution in [3.63, 3.8) is 0 Å². The summed E-state index contributed by atoms with van der Waals surface area (Å²) in [7, 11) is 1.85. The maximum absolute atomic E-state index is 11.7. The highest BCUT2D eigenvalue weighted by Gasteiger charge is 2.10. The van der Waals surface area contributed by atoms with Crippen molar-refractivity contribution in [1.29, 1.82) is 0 Å². The first-order chi connectivity index (χ1) is 7.15. The van der Waals surface area contributed by atoms with Crippen molar-refractivity contribution in [2.45, 2.75) is 13.0 Å². The standard InChI is InChI=1S/C10H14BrN3O.ClH/c1-7(12-2)6-14-10(15)9-8(11)4-3-5-13-9;/h3-5,7,12H,6H2,1-2H3,(H,14,15);1H. The fourth-order valence-corrected chi connectivity index (χ4v) is 1.42. The van der Waals surface area contributed by atoms with Gasteiger partial charge in [-0.25, -0.2) is 4.98 Å². The lowest BCUT2D eigenvalue weighted by atomic mass is 10.3. The van der Waals surface area contributed by atoms with E-state index in [1.165, 1.54) is 0 Å². The van der Waals surface area contributed by atoms with Gasteiger partial charge in [0, 0.05) is 23.3 Å². The molecule has 0 aliphatic rings. The van der Waals surface area contributed by atoms with Gasteiger partial charge in [0.15, 0.2) is 0 Å². The molecule has 1 aromatic rings. The van der Waals surface area contributed by atoms with Gasteiger partial charge >= 0.3 is 0 Å². The van der Waals surface area contributed by atoms with Gasteiger partial charge in [-0.05, 0) is 42.0 Å². The number of hydrogen-bond donors (Lipinski definition) is 2. The Kier molecular flexibility index (Phi) is 7.29. The molecule has 16 heavy (non-hydrogen) atoms. The Morgan fingerprint density at radius 1 is 1.62 bits per heavy atom. The summed E-state index contributed by atoms with van der Waals surface area (Å²) in [6.07, 6.45) is 1.60. The number of nitrogens with one attached hydrogen (secondary N) is 2. The quantitative estimate of drug-likeness (QED) is 0.888. The summed E-state index contributed by atoms with van der Waals surface area (Å²) >= 11 is 3.28. The predicted octanol–water partition coefficient (Wildman–Crippen LogP) is 1.60. The van der Waals surface area contributed by atoms with Crippen LogP contribution in [-0.2, 0) is 0 Å². The molecular formula is C10H15BrClN3O. The lowest BCUT2D eigenvalue weighted by Crippen LogP contribution is -2.37. The van der Waals surface area contributed by atoms with Gasteiger partial charge in [-0.3, -0.25) is 4.79 Å². The van der Waals surface area contributed by atoms with E-state index in [0.29, 0.717) is 16.7 Å². The molecule has 0 saturated carbocycles. The summed E-state index contributed by atoms with van der Waals surface area (Å²) in [4.78, 5) is 15.7. The highest BCUT2D eigenvalue weighted by atomic mass is 79.9. The number of aromatic nitrogens is 1. The van der Waals surface area contributed by atoms with Crippen molar-refractivity contribution in [2.75, 3.05) is 13.6 Å². The van der Waals surface area contributed by atoms with Crippen LogP contribution in [0.3, 0.4) is 0 Å². The Hall–Kier alpha value is -0.650. The van der Waals surface area contributed by atoms with E-state index in [2.05, 4.69) is 31.5 Å². The van der Waals surface area contributed by atoms with Gasteiger partial charge in [0.25, 0.3) is 5.91 Å². The monoisotopic (exact) mass is 307 g/mol. The van der Waals surface area contributed by atoms with Crippen LogP contribution >= 0.6 is 28.3 Å². The number of pyridine rings is 1.